The second kappa shape index (κ2) is 8.49. The molecule has 0 fully saturated rings. The highest BCUT2D eigenvalue weighted by Crippen LogP contribution is 2.23. The van der Waals surface area contributed by atoms with E-state index in [4.69, 9.17) is 9.52 Å². The molecule has 0 saturated carbocycles. The molecule has 0 radical (unpaired) electrons. The molecule has 1 N–H and O–H groups in total. The molecule has 0 bridgehead atoms. The molecule has 0 aliphatic rings. The third kappa shape index (κ3) is 5.07. The monoisotopic (exact) mass is 398 g/mol. The summed E-state index contributed by atoms with van der Waals surface area (Å²) in [5.41, 5.74) is 2.12. The predicted octanol–water partition coefficient (Wildman–Crippen LogP) is 3.76. The van der Waals surface area contributed by atoms with Crippen LogP contribution in [0.3, 0.4) is 0 Å². The highest BCUT2D eigenvalue weighted by atomic mass is 79.9. The Labute approximate surface area is 149 Å². The molecular weight excluding hydrogens is 376 g/mol. The lowest BCUT2D eigenvalue weighted by Gasteiger charge is -2.21. The Morgan fingerprint density at radius 2 is 2.22 bits per heavy atom. The molecule has 5 nitrogen and oxygen atoms in total. The van der Waals surface area contributed by atoms with E-state index in [0.29, 0.717) is 6.54 Å². The topological polar surface area (TPSA) is 53.7 Å². The summed E-state index contributed by atoms with van der Waals surface area (Å²) >= 11 is 5.26. The van der Waals surface area contributed by atoms with Crippen LogP contribution in [-0.2, 0) is 13.0 Å². The second-order valence-electron chi connectivity index (χ2n) is 5.35. The fourth-order valence-electron chi connectivity index (χ4n) is 2.35. The minimum Gasteiger partial charge on any atom is -0.361 e. The summed E-state index contributed by atoms with van der Waals surface area (Å²) < 4.78 is 6.36. The largest absolute Gasteiger partial charge is 0.361 e. The van der Waals surface area contributed by atoms with Gasteiger partial charge in [0.25, 0.3) is 0 Å². The first kappa shape index (κ1) is 18.0. The van der Waals surface area contributed by atoms with E-state index in [9.17, 15) is 0 Å². The van der Waals surface area contributed by atoms with Gasteiger partial charge in [-0.15, -0.1) is 11.3 Å². The van der Waals surface area contributed by atoms with Gasteiger partial charge in [0.05, 0.1) is 16.0 Å². The van der Waals surface area contributed by atoms with Crippen molar-refractivity contribution >= 4 is 33.2 Å². The number of hydrogen-bond donors (Lipinski definition) is 1. The maximum absolute atomic E-state index is 5.20. The van der Waals surface area contributed by atoms with Crippen LogP contribution in [0.15, 0.2) is 25.4 Å². The highest BCUT2D eigenvalue weighted by Gasteiger charge is 2.10. The summed E-state index contributed by atoms with van der Waals surface area (Å²) in [5, 5.41) is 7.34. The number of hydrogen-bond acceptors (Lipinski definition) is 4. The summed E-state index contributed by atoms with van der Waals surface area (Å²) in [6, 6.07) is 4.22. The number of rotatable bonds is 6. The molecule has 0 saturated heterocycles. The minimum absolute atomic E-state index is 0.712. The molecule has 0 aliphatic carbocycles. The number of halogens is 1. The zero-order chi connectivity index (χ0) is 16.8. The van der Waals surface area contributed by atoms with Crippen molar-refractivity contribution in [1.82, 2.24) is 15.4 Å². The van der Waals surface area contributed by atoms with Crippen molar-refractivity contribution in [2.75, 3.05) is 20.1 Å². The van der Waals surface area contributed by atoms with Crippen molar-refractivity contribution in [3.63, 3.8) is 0 Å². The van der Waals surface area contributed by atoms with E-state index >= 15 is 0 Å². The Kier molecular flexibility index (Phi) is 6.65. The number of nitrogens with zero attached hydrogens (tertiary/aromatic N) is 3. The summed E-state index contributed by atoms with van der Waals surface area (Å²) in [7, 11) is 2.06. The van der Waals surface area contributed by atoms with Gasteiger partial charge < -0.3 is 14.7 Å². The summed E-state index contributed by atoms with van der Waals surface area (Å²) in [5.74, 6) is 1.81. The zero-order valence-electron chi connectivity index (χ0n) is 14.0. The number of guanidine groups is 1. The first-order valence-corrected chi connectivity index (χ1v) is 9.27. The number of aromatic nitrogens is 1. The smallest absolute Gasteiger partial charge is 0.193 e. The SMILES string of the molecule is CCNC(=NCCc1c(C)noc1C)N(C)Cc1ccc(Br)s1. The first-order chi connectivity index (χ1) is 11.0. The Morgan fingerprint density at radius 3 is 2.78 bits per heavy atom. The first-order valence-electron chi connectivity index (χ1n) is 7.66. The second-order valence-corrected chi connectivity index (χ2v) is 7.90. The van der Waals surface area contributed by atoms with Crippen LogP contribution in [0.5, 0.6) is 0 Å². The molecule has 2 rings (SSSR count). The standard InChI is InChI=1S/C16H23BrN4OS/c1-5-18-16(21(4)10-13-6-7-15(17)23-13)19-9-8-14-11(2)20-22-12(14)3/h6-7H,5,8-10H2,1-4H3,(H,18,19). The number of thiophene rings is 1. The third-order valence-corrected chi connectivity index (χ3v) is 5.13. The fourth-order valence-corrected chi connectivity index (χ4v) is 3.88. The van der Waals surface area contributed by atoms with E-state index in [2.05, 4.69) is 57.4 Å². The molecule has 0 unspecified atom stereocenters. The van der Waals surface area contributed by atoms with Crippen molar-refractivity contribution in [1.29, 1.82) is 0 Å². The summed E-state index contributed by atoms with van der Waals surface area (Å²) in [4.78, 5) is 8.18. The van der Waals surface area contributed by atoms with Crippen molar-refractivity contribution in [3.05, 3.63) is 37.8 Å². The third-order valence-electron chi connectivity index (χ3n) is 3.52. The Bertz CT molecular complexity index is 645. The van der Waals surface area contributed by atoms with Gasteiger partial charge in [-0.2, -0.15) is 0 Å². The van der Waals surface area contributed by atoms with Gasteiger partial charge in [-0.3, -0.25) is 4.99 Å². The molecule has 0 amide bonds. The van der Waals surface area contributed by atoms with Gasteiger partial charge in [0.15, 0.2) is 5.96 Å². The Balaban J connectivity index is 1.98. The van der Waals surface area contributed by atoms with E-state index in [1.165, 1.54) is 4.88 Å². The van der Waals surface area contributed by atoms with E-state index < -0.39 is 0 Å². The molecule has 2 aromatic heterocycles. The predicted molar refractivity (Wildman–Crippen MR) is 99.1 cm³/mol. The van der Waals surface area contributed by atoms with Crippen LogP contribution in [0.2, 0.25) is 0 Å². The number of aliphatic imine (C=N–C) groups is 1. The molecule has 0 aromatic carbocycles. The Hall–Kier alpha value is -1.34. The zero-order valence-corrected chi connectivity index (χ0v) is 16.4. The lowest BCUT2D eigenvalue weighted by atomic mass is 10.1. The molecule has 2 heterocycles. The Morgan fingerprint density at radius 1 is 1.43 bits per heavy atom. The van der Waals surface area contributed by atoms with Gasteiger partial charge in [0.1, 0.15) is 5.76 Å². The van der Waals surface area contributed by atoms with Crippen LogP contribution in [0, 0.1) is 13.8 Å². The van der Waals surface area contributed by atoms with Crippen LogP contribution in [0.1, 0.15) is 28.8 Å². The lowest BCUT2D eigenvalue weighted by molar-refractivity contribution is 0.392. The van der Waals surface area contributed by atoms with Crippen LogP contribution < -0.4 is 5.32 Å². The normalized spacial score (nSPS) is 11.8. The molecule has 0 spiro atoms. The molecule has 7 heteroatoms. The highest BCUT2D eigenvalue weighted by molar-refractivity contribution is 9.11. The fraction of sp³-hybridized carbons (Fsp3) is 0.500. The molecule has 0 aliphatic heterocycles. The van der Waals surface area contributed by atoms with Gasteiger partial charge in [-0.1, -0.05) is 5.16 Å². The maximum Gasteiger partial charge on any atom is 0.193 e. The van der Waals surface area contributed by atoms with E-state index in [-0.39, 0.29) is 0 Å². The van der Waals surface area contributed by atoms with E-state index in [1.807, 2.05) is 13.8 Å². The molecule has 0 atom stereocenters. The van der Waals surface area contributed by atoms with Crippen molar-refractivity contribution in [2.45, 2.75) is 33.7 Å². The average Bonchev–Trinajstić information content (AvgIpc) is 3.05. The van der Waals surface area contributed by atoms with Crippen molar-refractivity contribution in [2.24, 2.45) is 4.99 Å². The minimum atomic E-state index is 0.712. The van der Waals surface area contributed by atoms with Gasteiger partial charge in [0, 0.05) is 30.6 Å². The summed E-state index contributed by atoms with van der Waals surface area (Å²) in [6.45, 7) is 8.41. The lowest BCUT2D eigenvalue weighted by Crippen LogP contribution is -2.38. The average molecular weight is 399 g/mol. The van der Waals surface area contributed by atoms with Crippen molar-refractivity contribution < 1.29 is 4.52 Å². The molecule has 2 aromatic rings. The van der Waals surface area contributed by atoms with Crippen LogP contribution in [-0.4, -0.2) is 36.2 Å². The van der Waals surface area contributed by atoms with Crippen molar-refractivity contribution in [3.8, 4) is 0 Å². The number of nitrogens with one attached hydrogen (secondary N) is 1. The van der Waals surface area contributed by atoms with Crippen LogP contribution in [0.25, 0.3) is 0 Å². The van der Waals surface area contributed by atoms with Gasteiger partial charge >= 0.3 is 0 Å². The number of aryl methyl sites for hydroxylation is 2. The van der Waals surface area contributed by atoms with E-state index in [1.54, 1.807) is 11.3 Å². The quantitative estimate of drug-likeness (QED) is 0.594. The molecule has 126 valence electrons. The van der Waals surface area contributed by atoms with Gasteiger partial charge in [-0.05, 0) is 55.3 Å². The van der Waals surface area contributed by atoms with Gasteiger partial charge in [0.2, 0.25) is 0 Å². The van der Waals surface area contributed by atoms with E-state index in [0.717, 1.165) is 46.3 Å². The molecular formula is C16H23BrN4OS. The van der Waals surface area contributed by atoms with Crippen LogP contribution >= 0.6 is 27.3 Å². The molecule has 23 heavy (non-hydrogen) atoms. The van der Waals surface area contributed by atoms with Gasteiger partial charge in [-0.25, -0.2) is 0 Å². The van der Waals surface area contributed by atoms with Crippen LogP contribution in [0.4, 0.5) is 0 Å². The maximum atomic E-state index is 5.20. The summed E-state index contributed by atoms with van der Waals surface area (Å²) in [6.07, 6.45) is 0.842.